The normalized spacial score (nSPS) is 11.3. The fraction of sp³-hybridized carbons (Fsp3) is 0.250. The number of carbonyl (C=O) groups is 1. The van der Waals surface area contributed by atoms with E-state index >= 15 is 0 Å². The molecule has 0 amide bonds. The van der Waals surface area contributed by atoms with Crippen LogP contribution in [0.3, 0.4) is 0 Å². The molecule has 0 bridgehead atoms. The van der Waals surface area contributed by atoms with Crippen LogP contribution in [0.15, 0.2) is 60.7 Å². The minimum absolute atomic E-state index is 0.164. The fourth-order valence-electron chi connectivity index (χ4n) is 1.85. The minimum atomic E-state index is -0.668. The molecule has 4 heteroatoms. The van der Waals surface area contributed by atoms with Gasteiger partial charge in [-0.1, -0.05) is 36.4 Å². The summed E-state index contributed by atoms with van der Waals surface area (Å²) in [5.41, 5.74) is 0.443. The van der Waals surface area contributed by atoms with Crippen LogP contribution in [0.4, 0.5) is 4.79 Å². The molecular weight excluding hydrogens is 304 g/mol. The summed E-state index contributed by atoms with van der Waals surface area (Å²) < 4.78 is 15.7. The molecule has 24 heavy (non-hydrogen) atoms. The van der Waals surface area contributed by atoms with E-state index in [0.717, 1.165) is 17.1 Å². The van der Waals surface area contributed by atoms with Crippen LogP contribution in [-0.2, 0) is 9.47 Å². The Morgan fingerprint density at radius 1 is 0.958 bits per heavy atom. The SMILES string of the molecule is CC(C)(C)OC(=O)OCC=Cc1ccc(Oc2ccccc2)cc1. The van der Waals surface area contributed by atoms with Gasteiger partial charge in [-0.2, -0.15) is 0 Å². The van der Waals surface area contributed by atoms with Gasteiger partial charge in [0, 0.05) is 0 Å². The summed E-state index contributed by atoms with van der Waals surface area (Å²) in [6.07, 6.45) is 2.96. The monoisotopic (exact) mass is 326 g/mol. The molecule has 0 atom stereocenters. The van der Waals surface area contributed by atoms with Gasteiger partial charge in [-0.25, -0.2) is 4.79 Å². The van der Waals surface area contributed by atoms with E-state index < -0.39 is 11.8 Å². The molecule has 0 saturated heterocycles. The first-order chi connectivity index (χ1) is 11.4. The quantitative estimate of drug-likeness (QED) is 0.686. The third-order valence-electron chi connectivity index (χ3n) is 2.86. The highest BCUT2D eigenvalue weighted by Gasteiger charge is 2.16. The Morgan fingerprint density at radius 2 is 1.58 bits per heavy atom. The highest BCUT2D eigenvalue weighted by molar-refractivity contribution is 5.61. The van der Waals surface area contributed by atoms with Crippen LogP contribution in [0.25, 0.3) is 6.08 Å². The molecule has 0 radical (unpaired) electrons. The van der Waals surface area contributed by atoms with Crippen molar-refractivity contribution < 1.29 is 19.0 Å². The van der Waals surface area contributed by atoms with Gasteiger partial charge < -0.3 is 14.2 Å². The molecule has 0 aromatic heterocycles. The van der Waals surface area contributed by atoms with Crippen molar-refractivity contribution in [2.75, 3.05) is 6.61 Å². The first kappa shape index (κ1) is 17.6. The maximum absolute atomic E-state index is 11.4. The van der Waals surface area contributed by atoms with E-state index in [1.807, 2.05) is 60.7 Å². The summed E-state index contributed by atoms with van der Waals surface area (Å²) in [6, 6.07) is 17.3. The van der Waals surface area contributed by atoms with Crippen LogP contribution in [0, 0.1) is 0 Å². The van der Waals surface area contributed by atoms with Crippen molar-refractivity contribution in [1.29, 1.82) is 0 Å². The topological polar surface area (TPSA) is 44.8 Å². The van der Waals surface area contributed by atoms with Crippen molar-refractivity contribution >= 4 is 12.2 Å². The van der Waals surface area contributed by atoms with E-state index in [0.29, 0.717) is 0 Å². The predicted octanol–water partition coefficient (Wildman–Crippen LogP) is 5.44. The van der Waals surface area contributed by atoms with E-state index in [2.05, 4.69) is 0 Å². The number of carbonyl (C=O) groups excluding carboxylic acids is 1. The number of hydrogen-bond acceptors (Lipinski definition) is 4. The largest absolute Gasteiger partial charge is 0.509 e. The van der Waals surface area contributed by atoms with Gasteiger partial charge in [-0.05, 0) is 56.7 Å². The third-order valence-corrected chi connectivity index (χ3v) is 2.86. The van der Waals surface area contributed by atoms with Crippen molar-refractivity contribution in [3.05, 3.63) is 66.2 Å². The fourth-order valence-corrected chi connectivity index (χ4v) is 1.85. The molecule has 0 fully saturated rings. The van der Waals surface area contributed by atoms with Crippen molar-refractivity contribution in [3.8, 4) is 11.5 Å². The van der Waals surface area contributed by atoms with Crippen LogP contribution in [0.2, 0.25) is 0 Å². The smallest absolute Gasteiger partial charge is 0.457 e. The third kappa shape index (κ3) is 6.57. The Morgan fingerprint density at radius 3 is 2.21 bits per heavy atom. The number of ether oxygens (including phenoxy) is 3. The average molecular weight is 326 g/mol. The van der Waals surface area contributed by atoms with Gasteiger partial charge >= 0.3 is 6.16 Å². The molecular formula is C20H22O4. The zero-order valence-electron chi connectivity index (χ0n) is 14.2. The van der Waals surface area contributed by atoms with Crippen molar-refractivity contribution in [3.63, 3.8) is 0 Å². The van der Waals surface area contributed by atoms with E-state index in [9.17, 15) is 4.79 Å². The van der Waals surface area contributed by atoms with Gasteiger partial charge in [0.15, 0.2) is 0 Å². The summed E-state index contributed by atoms with van der Waals surface area (Å²) in [7, 11) is 0. The molecule has 4 nitrogen and oxygen atoms in total. The van der Waals surface area contributed by atoms with Crippen LogP contribution in [0.5, 0.6) is 11.5 Å². The summed E-state index contributed by atoms with van der Waals surface area (Å²) in [5.74, 6) is 1.56. The first-order valence-corrected chi connectivity index (χ1v) is 7.78. The molecule has 0 unspecified atom stereocenters. The predicted molar refractivity (Wildman–Crippen MR) is 94.2 cm³/mol. The van der Waals surface area contributed by atoms with Gasteiger partial charge in [-0.3, -0.25) is 0 Å². The van der Waals surface area contributed by atoms with Crippen molar-refractivity contribution in [1.82, 2.24) is 0 Å². The minimum Gasteiger partial charge on any atom is -0.457 e. The van der Waals surface area contributed by atoms with Gasteiger partial charge in [0.2, 0.25) is 0 Å². The Hall–Kier alpha value is -2.75. The second-order valence-corrected chi connectivity index (χ2v) is 6.16. The van der Waals surface area contributed by atoms with Gasteiger partial charge in [-0.15, -0.1) is 0 Å². The number of para-hydroxylation sites is 1. The second-order valence-electron chi connectivity index (χ2n) is 6.16. The van der Waals surface area contributed by atoms with Gasteiger partial charge in [0.1, 0.15) is 23.7 Å². The molecule has 0 saturated carbocycles. The van der Waals surface area contributed by atoms with Crippen LogP contribution in [0.1, 0.15) is 26.3 Å². The molecule has 0 aliphatic heterocycles. The Kier molecular flexibility index (Phi) is 6.01. The van der Waals surface area contributed by atoms with E-state index in [1.54, 1.807) is 26.8 Å². The van der Waals surface area contributed by atoms with Gasteiger partial charge in [0.05, 0.1) is 0 Å². The number of benzene rings is 2. The van der Waals surface area contributed by atoms with Crippen LogP contribution >= 0.6 is 0 Å². The highest BCUT2D eigenvalue weighted by atomic mass is 16.7. The van der Waals surface area contributed by atoms with E-state index in [1.165, 1.54) is 0 Å². The molecule has 2 aromatic carbocycles. The lowest BCUT2D eigenvalue weighted by atomic mass is 10.2. The lowest BCUT2D eigenvalue weighted by Gasteiger charge is -2.18. The van der Waals surface area contributed by atoms with E-state index in [-0.39, 0.29) is 6.61 Å². The van der Waals surface area contributed by atoms with Crippen LogP contribution < -0.4 is 4.74 Å². The lowest BCUT2D eigenvalue weighted by molar-refractivity contribution is -0.00235. The van der Waals surface area contributed by atoms with Crippen molar-refractivity contribution in [2.45, 2.75) is 26.4 Å². The second kappa shape index (κ2) is 8.20. The Labute approximate surface area is 142 Å². The average Bonchev–Trinajstić information content (AvgIpc) is 2.52. The molecule has 0 aliphatic rings. The molecule has 0 N–H and O–H groups in total. The maximum Gasteiger partial charge on any atom is 0.509 e. The van der Waals surface area contributed by atoms with Crippen LogP contribution in [-0.4, -0.2) is 18.4 Å². The Bertz CT molecular complexity index is 667. The lowest BCUT2D eigenvalue weighted by Crippen LogP contribution is -2.24. The zero-order valence-corrected chi connectivity index (χ0v) is 14.2. The molecule has 0 heterocycles. The summed E-state index contributed by atoms with van der Waals surface area (Å²) in [5, 5.41) is 0. The summed E-state index contributed by atoms with van der Waals surface area (Å²) in [4.78, 5) is 11.4. The zero-order chi connectivity index (χ0) is 17.4. The summed E-state index contributed by atoms with van der Waals surface area (Å²) >= 11 is 0. The molecule has 2 aromatic rings. The number of rotatable bonds is 5. The van der Waals surface area contributed by atoms with E-state index in [4.69, 9.17) is 14.2 Å². The number of hydrogen-bond donors (Lipinski definition) is 0. The molecule has 0 aliphatic carbocycles. The highest BCUT2D eigenvalue weighted by Crippen LogP contribution is 2.21. The Balaban J connectivity index is 1.80. The molecule has 126 valence electrons. The first-order valence-electron chi connectivity index (χ1n) is 7.78. The maximum atomic E-state index is 11.4. The van der Waals surface area contributed by atoms with Crippen molar-refractivity contribution in [2.24, 2.45) is 0 Å². The van der Waals surface area contributed by atoms with Gasteiger partial charge in [0.25, 0.3) is 0 Å². The standard InChI is InChI=1S/C20H22O4/c1-20(2,3)24-19(21)22-15-7-8-16-11-13-18(14-12-16)23-17-9-5-4-6-10-17/h4-14H,15H2,1-3H3. The molecule has 0 spiro atoms. The molecule has 2 rings (SSSR count). The summed E-state index contributed by atoms with van der Waals surface area (Å²) in [6.45, 7) is 5.55.